The van der Waals surface area contributed by atoms with E-state index in [9.17, 15) is 9.90 Å². The highest BCUT2D eigenvalue weighted by Gasteiger charge is 2.32. The number of hydrogen-bond donors (Lipinski definition) is 2. The van der Waals surface area contributed by atoms with Gasteiger partial charge in [0, 0.05) is 36.8 Å². The van der Waals surface area contributed by atoms with E-state index in [1.807, 2.05) is 30.9 Å². The number of hydrogen-bond acceptors (Lipinski definition) is 4. The molecular formula is C24H32N6O2. The van der Waals surface area contributed by atoms with Gasteiger partial charge in [-0.2, -0.15) is 5.10 Å². The van der Waals surface area contributed by atoms with E-state index in [-0.39, 0.29) is 12.0 Å². The Hall–Kier alpha value is -2.87. The lowest BCUT2D eigenvalue weighted by molar-refractivity contribution is 0.198. The van der Waals surface area contributed by atoms with Crippen molar-refractivity contribution in [2.24, 2.45) is 7.05 Å². The molecule has 1 fully saturated rings. The molecule has 0 bridgehead atoms. The SMILES string of the molecule is C[C@H](Cc1cnn(C)c1)c1nc2c3c(ccc2n1C1CCNCC1)N(C(=O)O)[C@@H](C)CC3. The topological polar surface area (TPSA) is 88.2 Å². The van der Waals surface area contributed by atoms with Gasteiger partial charge in [0.05, 0.1) is 22.9 Å². The fraction of sp³-hybridized carbons (Fsp3) is 0.542. The van der Waals surface area contributed by atoms with Gasteiger partial charge in [0.2, 0.25) is 0 Å². The Morgan fingerprint density at radius 3 is 2.75 bits per heavy atom. The number of nitrogens with one attached hydrogen (secondary N) is 1. The van der Waals surface area contributed by atoms with Crippen molar-refractivity contribution in [2.45, 2.75) is 64.0 Å². The van der Waals surface area contributed by atoms with E-state index >= 15 is 0 Å². The molecule has 2 atom stereocenters. The van der Waals surface area contributed by atoms with Gasteiger partial charge in [0.1, 0.15) is 5.82 Å². The van der Waals surface area contributed by atoms with Crippen molar-refractivity contribution in [1.29, 1.82) is 0 Å². The van der Waals surface area contributed by atoms with E-state index < -0.39 is 6.09 Å². The zero-order valence-corrected chi connectivity index (χ0v) is 19.1. The van der Waals surface area contributed by atoms with Gasteiger partial charge < -0.3 is 15.0 Å². The minimum absolute atomic E-state index is 0.0204. The minimum atomic E-state index is -0.888. The van der Waals surface area contributed by atoms with Gasteiger partial charge in [-0.1, -0.05) is 6.92 Å². The molecule has 4 heterocycles. The van der Waals surface area contributed by atoms with Crippen LogP contribution in [0.2, 0.25) is 0 Å². The Morgan fingerprint density at radius 2 is 2.06 bits per heavy atom. The predicted molar refractivity (Wildman–Crippen MR) is 124 cm³/mol. The molecule has 2 aromatic heterocycles. The molecule has 2 aliphatic heterocycles. The lowest BCUT2D eigenvalue weighted by Crippen LogP contribution is -2.41. The number of rotatable bonds is 4. The third kappa shape index (κ3) is 3.56. The first-order valence-corrected chi connectivity index (χ1v) is 11.7. The predicted octanol–water partition coefficient (Wildman–Crippen LogP) is 3.86. The molecule has 8 heteroatoms. The highest BCUT2D eigenvalue weighted by molar-refractivity contribution is 5.94. The molecular weight excluding hydrogens is 404 g/mol. The van der Waals surface area contributed by atoms with Crippen LogP contribution >= 0.6 is 0 Å². The third-order valence-electron chi connectivity index (χ3n) is 7.10. The zero-order valence-electron chi connectivity index (χ0n) is 19.1. The highest BCUT2D eigenvalue weighted by atomic mass is 16.4. The first-order valence-electron chi connectivity index (χ1n) is 11.7. The molecule has 8 nitrogen and oxygen atoms in total. The van der Waals surface area contributed by atoms with Crippen molar-refractivity contribution >= 4 is 22.8 Å². The first-order chi connectivity index (χ1) is 15.4. The number of carboxylic acid groups (broad SMARTS) is 1. The second-order valence-corrected chi connectivity index (χ2v) is 9.42. The first kappa shape index (κ1) is 21.0. The zero-order chi connectivity index (χ0) is 22.4. The molecule has 2 N–H and O–H groups in total. The smallest absolute Gasteiger partial charge is 0.412 e. The average Bonchev–Trinajstić information content (AvgIpc) is 3.37. The van der Waals surface area contributed by atoms with Crippen molar-refractivity contribution in [3.05, 3.63) is 41.5 Å². The lowest BCUT2D eigenvalue weighted by Gasteiger charge is -2.33. The van der Waals surface area contributed by atoms with Crippen LogP contribution < -0.4 is 10.2 Å². The number of carbonyl (C=O) groups is 1. The van der Waals surface area contributed by atoms with Crippen LogP contribution in [0.1, 0.15) is 62.0 Å². The lowest BCUT2D eigenvalue weighted by atomic mass is 9.95. The van der Waals surface area contributed by atoms with Gasteiger partial charge >= 0.3 is 6.09 Å². The minimum Gasteiger partial charge on any atom is -0.465 e. The molecule has 170 valence electrons. The van der Waals surface area contributed by atoms with Gasteiger partial charge in [-0.3, -0.25) is 9.58 Å². The van der Waals surface area contributed by atoms with E-state index in [1.54, 1.807) is 0 Å². The van der Waals surface area contributed by atoms with Crippen LogP contribution in [-0.4, -0.2) is 49.7 Å². The Labute approximate surface area is 188 Å². The summed E-state index contributed by atoms with van der Waals surface area (Å²) < 4.78 is 4.30. The number of fused-ring (bicyclic) bond motifs is 3. The summed E-state index contributed by atoms with van der Waals surface area (Å²) in [5.74, 6) is 1.33. The van der Waals surface area contributed by atoms with Gasteiger partial charge in [-0.15, -0.1) is 0 Å². The number of imidazole rings is 1. The van der Waals surface area contributed by atoms with Crippen LogP contribution in [0.25, 0.3) is 11.0 Å². The second-order valence-electron chi connectivity index (χ2n) is 9.42. The van der Waals surface area contributed by atoms with E-state index in [1.165, 1.54) is 10.5 Å². The van der Waals surface area contributed by atoms with Crippen molar-refractivity contribution < 1.29 is 9.90 Å². The maximum Gasteiger partial charge on any atom is 0.412 e. The number of benzene rings is 1. The van der Waals surface area contributed by atoms with E-state index in [0.717, 1.165) is 73.3 Å². The maximum absolute atomic E-state index is 12.0. The third-order valence-corrected chi connectivity index (χ3v) is 7.10. The average molecular weight is 437 g/mol. The van der Waals surface area contributed by atoms with Crippen LogP contribution in [-0.2, 0) is 19.9 Å². The molecule has 2 aliphatic rings. The molecule has 0 radical (unpaired) electrons. The maximum atomic E-state index is 12.0. The summed E-state index contributed by atoms with van der Waals surface area (Å²) in [7, 11) is 1.94. The van der Waals surface area contributed by atoms with Crippen LogP contribution in [0.3, 0.4) is 0 Å². The number of piperidine rings is 1. The number of aryl methyl sites for hydroxylation is 2. The number of aromatic nitrogens is 4. The molecule has 3 aromatic rings. The molecule has 1 amide bonds. The fourth-order valence-corrected chi connectivity index (χ4v) is 5.53. The number of nitrogens with zero attached hydrogens (tertiary/aromatic N) is 5. The van der Waals surface area contributed by atoms with Crippen LogP contribution in [0, 0.1) is 0 Å². The number of amides is 1. The summed E-state index contributed by atoms with van der Waals surface area (Å²) in [6.07, 6.45) is 7.82. The molecule has 0 aliphatic carbocycles. The standard InChI is InChI=1S/C24H32N6O2/c1-15(12-17-13-26-28(3)14-17)23-27-22-19-5-4-16(2)29(24(31)32)20(19)6-7-21(22)30(23)18-8-10-25-11-9-18/h6-7,13-16,18,25H,4-5,8-12H2,1-3H3,(H,31,32)/t15-,16+/m1/s1. The molecule has 0 spiro atoms. The Bertz CT molecular complexity index is 1140. The monoisotopic (exact) mass is 436 g/mol. The van der Waals surface area contributed by atoms with E-state index in [2.05, 4.69) is 34.2 Å². The molecule has 5 rings (SSSR count). The summed E-state index contributed by atoms with van der Waals surface area (Å²) in [6, 6.07) is 4.48. The van der Waals surface area contributed by atoms with Crippen molar-refractivity contribution in [3.63, 3.8) is 0 Å². The number of anilines is 1. The van der Waals surface area contributed by atoms with Gasteiger partial charge in [0.15, 0.2) is 0 Å². The van der Waals surface area contributed by atoms with Crippen molar-refractivity contribution in [3.8, 4) is 0 Å². The van der Waals surface area contributed by atoms with Crippen LogP contribution in [0.5, 0.6) is 0 Å². The quantitative estimate of drug-likeness (QED) is 0.648. The molecule has 1 saturated heterocycles. The van der Waals surface area contributed by atoms with E-state index in [0.29, 0.717) is 6.04 Å². The van der Waals surface area contributed by atoms with Gasteiger partial charge in [-0.25, -0.2) is 9.78 Å². The van der Waals surface area contributed by atoms with Gasteiger partial charge in [-0.05, 0) is 69.8 Å². The normalized spacial score (nSPS) is 20.5. The molecule has 1 aromatic carbocycles. The summed E-state index contributed by atoms with van der Waals surface area (Å²) in [5.41, 5.74) is 5.20. The van der Waals surface area contributed by atoms with Crippen LogP contribution in [0.15, 0.2) is 24.5 Å². The molecule has 32 heavy (non-hydrogen) atoms. The van der Waals surface area contributed by atoms with Crippen molar-refractivity contribution in [2.75, 3.05) is 18.0 Å². The summed E-state index contributed by atoms with van der Waals surface area (Å²) in [5, 5.41) is 17.6. The van der Waals surface area contributed by atoms with E-state index in [4.69, 9.17) is 4.98 Å². The van der Waals surface area contributed by atoms with Gasteiger partial charge in [0.25, 0.3) is 0 Å². The van der Waals surface area contributed by atoms with Crippen LogP contribution in [0.4, 0.5) is 10.5 Å². The van der Waals surface area contributed by atoms with Crippen molar-refractivity contribution in [1.82, 2.24) is 24.6 Å². The Kier molecular flexibility index (Phi) is 5.41. The largest absolute Gasteiger partial charge is 0.465 e. The Balaban J connectivity index is 1.64. The molecule has 0 unspecified atom stereocenters. The Morgan fingerprint density at radius 1 is 1.28 bits per heavy atom. The summed E-state index contributed by atoms with van der Waals surface area (Å²) >= 11 is 0. The highest BCUT2D eigenvalue weighted by Crippen LogP contribution is 2.39. The second kappa shape index (κ2) is 8.24. The fourth-order valence-electron chi connectivity index (χ4n) is 5.53. The molecule has 0 saturated carbocycles. The summed E-state index contributed by atoms with van der Waals surface area (Å²) in [4.78, 5) is 18.7. The summed E-state index contributed by atoms with van der Waals surface area (Å²) in [6.45, 7) is 6.24.